The van der Waals surface area contributed by atoms with Crippen LogP contribution in [0.4, 0.5) is 0 Å². The maximum atomic E-state index is 12.3. The summed E-state index contributed by atoms with van der Waals surface area (Å²) in [6.07, 6.45) is 0.826. The molecule has 0 saturated heterocycles. The van der Waals surface area contributed by atoms with Crippen molar-refractivity contribution in [3.05, 3.63) is 16.0 Å². The van der Waals surface area contributed by atoms with E-state index in [4.69, 9.17) is 0 Å². The Kier molecular flexibility index (Phi) is 3.82. The first-order valence-electron chi connectivity index (χ1n) is 6.50. The van der Waals surface area contributed by atoms with E-state index in [1.54, 1.807) is 14.0 Å². The van der Waals surface area contributed by atoms with Crippen LogP contribution in [0.25, 0.3) is 11.0 Å². The van der Waals surface area contributed by atoms with E-state index in [1.165, 1.54) is 4.68 Å². The summed E-state index contributed by atoms with van der Waals surface area (Å²) in [5.41, 5.74) is 1.10. The highest BCUT2D eigenvalue weighted by Gasteiger charge is 2.15. The van der Waals surface area contributed by atoms with Crippen molar-refractivity contribution >= 4 is 16.9 Å². The number of hydrogen-bond donors (Lipinski definition) is 1. The van der Waals surface area contributed by atoms with Crippen LogP contribution in [0.3, 0.4) is 0 Å². The van der Waals surface area contributed by atoms with Crippen LogP contribution in [0.15, 0.2) is 4.79 Å². The van der Waals surface area contributed by atoms with Crippen molar-refractivity contribution in [3.8, 4) is 0 Å². The molecule has 2 aromatic rings. The standard InChI is InChI=1S/C12H18N6O2/c1-5-7(2)13-9(19)6-18-12(20)11-10(14-16-18)8(3)15-17(11)4/h7H,5-6H2,1-4H3,(H,13,19)/t7-/m0/s1. The van der Waals surface area contributed by atoms with E-state index in [0.29, 0.717) is 16.7 Å². The molecule has 0 aliphatic carbocycles. The van der Waals surface area contributed by atoms with Crippen LogP contribution in [0, 0.1) is 6.92 Å². The summed E-state index contributed by atoms with van der Waals surface area (Å²) in [6, 6.07) is 0.0637. The third-order valence-corrected chi connectivity index (χ3v) is 3.19. The number of fused-ring (bicyclic) bond motifs is 1. The summed E-state index contributed by atoms with van der Waals surface area (Å²) in [4.78, 5) is 24.1. The SMILES string of the molecule is CC[C@H](C)NC(=O)Cn1nnc2c(C)nn(C)c2c1=O. The zero-order chi connectivity index (χ0) is 14.9. The Labute approximate surface area is 115 Å². The minimum Gasteiger partial charge on any atom is -0.352 e. The van der Waals surface area contributed by atoms with Gasteiger partial charge in [0.2, 0.25) is 5.91 Å². The molecule has 2 heterocycles. The van der Waals surface area contributed by atoms with Gasteiger partial charge in [0, 0.05) is 13.1 Å². The second-order valence-corrected chi connectivity index (χ2v) is 4.84. The van der Waals surface area contributed by atoms with E-state index in [0.717, 1.165) is 11.1 Å². The van der Waals surface area contributed by atoms with Crippen molar-refractivity contribution in [2.24, 2.45) is 7.05 Å². The van der Waals surface area contributed by atoms with Crippen molar-refractivity contribution in [1.82, 2.24) is 30.1 Å². The molecule has 1 atom stereocenters. The van der Waals surface area contributed by atoms with Gasteiger partial charge in [-0.3, -0.25) is 14.3 Å². The maximum absolute atomic E-state index is 12.3. The van der Waals surface area contributed by atoms with Crippen LogP contribution in [0.1, 0.15) is 26.0 Å². The molecule has 0 unspecified atom stereocenters. The van der Waals surface area contributed by atoms with Gasteiger partial charge in [0.1, 0.15) is 12.1 Å². The second-order valence-electron chi connectivity index (χ2n) is 4.84. The third-order valence-electron chi connectivity index (χ3n) is 3.19. The Morgan fingerprint density at radius 2 is 2.15 bits per heavy atom. The van der Waals surface area contributed by atoms with Crippen LogP contribution in [0.2, 0.25) is 0 Å². The molecule has 20 heavy (non-hydrogen) atoms. The molecule has 1 N–H and O–H groups in total. The predicted octanol–water partition coefficient (Wildman–Crippen LogP) is -0.252. The minimum absolute atomic E-state index is 0.0637. The number of carbonyl (C=O) groups excluding carboxylic acids is 1. The summed E-state index contributed by atoms with van der Waals surface area (Å²) >= 11 is 0. The van der Waals surface area contributed by atoms with E-state index >= 15 is 0 Å². The lowest BCUT2D eigenvalue weighted by molar-refractivity contribution is -0.122. The molecular formula is C12H18N6O2. The number of aryl methyl sites for hydroxylation is 2. The van der Waals surface area contributed by atoms with Crippen LogP contribution >= 0.6 is 0 Å². The van der Waals surface area contributed by atoms with E-state index in [2.05, 4.69) is 20.7 Å². The molecule has 1 amide bonds. The molecule has 0 bridgehead atoms. The summed E-state index contributed by atoms with van der Waals surface area (Å²) < 4.78 is 2.52. The lowest BCUT2D eigenvalue weighted by atomic mass is 10.2. The minimum atomic E-state index is -0.364. The molecule has 0 radical (unpaired) electrons. The van der Waals surface area contributed by atoms with E-state index < -0.39 is 0 Å². The number of carbonyl (C=O) groups is 1. The van der Waals surface area contributed by atoms with Gasteiger partial charge in [-0.25, -0.2) is 0 Å². The molecule has 8 heteroatoms. The highest BCUT2D eigenvalue weighted by Crippen LogP contribution is 2.08. The van der Waals surface area contributed by atoms with Crippen molar-refractivity contribution in [2.45, 2.75) is 39.8 Å². The Morgan fingerprint density at radius 1 is 1.45 bits per heavy atom. The summed E-state index contributed by atoms with van der Waals surface area (Å²) in [5, 5.41) is 14.7. The topological polar surface area (TPSA) is 94.7 Å². The number of aromatic nitrogens is 5. The van der Waals surface area contributed by atoms with Gasteiger partial charge >= 0.3 is 0 Å². The summed E-state index contributed by atoms with van der Waals surface area (Å²) in [7, 11) is 1.67. The number of rotatable bonds is 4. The average Bonchev–Trinajstić information content (AvgIpc) is 2.68. The Bertz CT molecular complexity index is 702. The van der Waals surface area contributed by atoms with Crippen molar-refractivity contribution in [1.29, 1.82) is 0 Å². The fourth-order valence-electron chi connectivity index (χ4n) is 1.93. The van der Waals surface area contributed by atoms with Crippen LogP contribution in [-0.4, -0.2) is 36.7 Å². The fourth-order valence-corrected chi connectivity index (χ4v) is 1.93. The van der Waals surface area contributed by atoms with Crippen LogP contribution in [0.5, 0.6) is 0 Å². The fraction of sp³-hybridized carbons (Fsp3) is 0.583. The van der Waals surface area contributed by atoms with Crippen molar-refractivity contribution in [3.63, 3.8) is 0 Å². The Hall–Kier alpha value is -2.25. The molecule has 0 aliphatic heterocycles. The zero-order valence-electron chi connectivity index (χ0n) is 12.0. The molecule has 0 fully saturated rings. The lowest BCUT2D eigenvalue weighted by Crippen LogP contribution is -2.38. The quantitative estimate of drug-likeness (QED) is 0.832. The molecular weight excluding hydrogens is 260 g/mol. The van der Waals surface area contributed by atoms with Gasteiger partial charge < -0.3 is 5.32 Å². The second kappa shape index (κ2) is 5.40. The monoisotopic (exact) mass is 278 g/mol. The van der Waals surface area contributed by atoms with E-state index in [1.807, 2.05) is 13.8 Å². The van der Waals surface area contributed by atoms with E-state index in [9.17, 15) is 9.59 Å². The highest BCUT2D eigenvalue weighted by molar-refractivity contribution is 5.77. The van der Waals surface area contributed by atoms with Gasteiger partial charge in [-0.05, 0) is 20.3 Å². The third kappa shape index (κ3) is 2.54. The average molecular weight is 278 g/mol. The molecule has 0 saturated carbocycles. The largest absolute Gasteiger partial charge is 0.352 e. The number of amides is 1. The molecule has 0 spiro atoms. The van der Waals surface area contributed by atoms with Gasteiger partial charge in [-0.1, -0.05) is 12.1 Å². The molecule has 2 aromatic heterocycles. The molecule has 8 nitrogen and oxygen atoms in total. The van der Waals surface area contributed by atoms with Gasteiger partial charge in [0.15, 0.2) is 5.52 Å². The molecule has 0 aromatic carbocycles. The Balaban J connectivity index is 2.32. The van der Waals surface area contributed by atoms with E-state index in [-0.39, 0.29) is 24.1 Å². The first-order valence-corrected chi connectivity index (χ1v) is 6.50. The number of hydrogen-bond acceptors (Lipinski definition) is 5. The van der Waals surface area contributed by atoms with Gasteiger partial charge in [0.25, 0.3) is 5.56 Å². The first kappa shape index (κ1) is 14.2. The number of nitrogens with one attached hydrogen (secondary N) is 1. The Morgan fingerprint density at radius 3 is 2.80 bits per heavy atom. The van der Waals surface area contributed by atoms with Crippen LogP contribution in [-0.2, 0) is 18.4 Å². The maximum Gasteiger partial charge on any atom is 0.296 e. The zero-order valence-corrected chi connectivity index (χ0v) is 12.0. The van der Waals surface area contributed by atoms with Gasteiger partial charge in [-0.15, -0.1) is 5.10 Å². The summed E-state index contributed by atoms with van der Waals surface area (Å²) in [6.45, 7) is 5.49. The van der Waals surface area contributed by atoms with Crippen molar-refractivity contribution in [2.75, 3.05) is 0 Å². The summed E-state index contributed by atoms with van der Waals surface area (Å²) in [5.74, 6) is -0.256. The molecule has 0 aliphatic rings. The highest BCUT2D eigenvalue weighted by atomic mass is 16.2. The first-order chi connectivity index (χ1) is 9.43. The van der Waals surface area contributed by atoms with Gasteiger partial charge in [-0.2, -0.15) is 9.78 Å². The van der Waals surface area contributed by atoms with Crippen LogP contribution < -0.4 is 10.9 Å². The predicted molar refractivity (Wildman–Crippen MR) is 73.2 cm³/mol. The molecule has 108 valence electrons. The lowest BCUT2D eigenvalue weighted by Gasteiger charge is -2.11. The smallest absolute Gasteiger partial charge is 0.296 e. The normalized spacial score (nSPS) is 12.6. The van der Waals surface area contributed by atoms with Crippen molar-refractivity contribution < 1.29 is 4.79 Å². The number of nitrogens with zero attached hydrogens (tertiary/aromatic N) is 5. The van der Waals surface area contributed by atoms with Gasteiger partial charge in [0.05, 0.1) is 5.69 Å². The molecule has 2 rings (SSSR count).